The Labute approximate surface area is 111 Å². The second kappa shape index (κ2) is 4.72. The van der Waals surface area contributed by atoms with Crippen molar-refractivity contribution in [2.45, 2.75) is 13.0 Å². The van der Waals surface area contributed by atoms with E-state index in [9.17, 15) is 4.79 Å². The molecule has 0 saturated carbocycles. The summed E-state index contributed by atoms with van der Waals surface area (Å²) in [7, 11) is 1.65. The molecule has 1 aliphatic rings. The van der Waals surface area contributed by atoms with Crippen LogP contribution in [0.5, 0.6) is 5.75 Å². The second-order valence-electron chi connectivity index (χ2n) is 4.50. The van der Waals surface area contributed by atoms with Gasteiger partial charge in [-0.2, -0.15) is 0 Å². The minimum absolute atomic E-state index is 0.119. The number of fused-ring (bicyclic) bond motifs is 1. The Balaban J connectivity index is 2.01. The number of benzene rings is 1. The maximum Gasteiger partial charge on any atom is 0.230 e. The Bertz CT molecular complexity index is 664. The Morgan fingerprint density at radius 3 is 3.00 bits per heavy atom. The van der Waals surface area contributed by atoms with Crippen molar-refractivity contribution in [2.24, 2.45) is 0 Å². The number of rotatable bonds is 3. The van der Waals surface area contributed by atoms with Crippen LogP contribution in [0.1, 0.15) is 12.0 Å². The smallest absolute Gasteiger partial charge is 0.230 e. The van der Waals surface area contributed by atoms with Gasteiger partial charge in [-0.15, -0.1) is 0 Å². The van der Waals surface area contributed by atoms with Crippen molar-refractivity contribution in [2.75, 3.05) is 7.11 Å². The Morgan fingerprint density at radius 1 is 1.37 bits per heavy atom. The van der Waals surface area contributed by atoms with Crippen LogP contribution in [-0.2, 0) is 11.3 Å². The number of ether oxygens (including phenoxy) is 1. The summed E-state index contributed by atoms with van der Waals surface area (Å²) in [6.07, 6.45) is 7.76. The Hall–Kier alpha value is -2.36. The van der Waals surface area contributed by atoms with Crippen LogP contribution in [0.15, 0.2) is 42.9 Å². The molecule has 0 bridgehead atoms. The van der Waals surface area contributed by atoms with Crippen LogP contribution in [0, 0.1) is 0 Å². The lowest BCUT2D eigenvalue weighted by Crippen LogP contribution is -2.20. The molecular formula is C15H14N2O2. The van der Waals surface area contributed by atoms with Crippen LogP contribution in [0.25, 0.3) is 10.8 Å². The van der Waals surface area contributed by atoms with Crippen LogP contribution in [-0.4, -0.2) is 22.9 Å². The summed E-state index contributed by atoms with van der Waals surface area (Å²) in [5, 5.41) is 2.13. The minimum Gasteiger partial charge on any atom is -0.496 e. The fourth-order valence-electron chi connectivity index (χ4n) is 2.28. The van der Waals surface area contributed by atoms with Gasteiger partial charge in [0.1, 0.15) is 5.75 Å². The first-order valence-corrected chi connectivity index (χ1v) is 6.15. The normalized spacial score (nSPS) is 14.4. The van der Waals surface area contributed by atoms with E-state index in [1.165, 1.54) is 0 Å². The fourth-order valence-corrected chi connectivity index (χ4v) is 2.28. The van der Waals surface area contributed by atoms with Gasteiger partial charge in [0.05, 0.1) is 13.7 Å². The summed E-state index contributed by atoms with van der Waals surface area (Å²) in [4.78, 5) is 17.5. The molecule has 0 unspecified atom stereocenters. The highest BCUT2D eigenvalue weighted by molar-refractivity contribution is 5.85. The molecule has 0 fully saturated rings. The lowest BCUT2D eigenvalue weighted by molar-refractivity contribution is -0.127. The van der Waals surface area contributed by atoms with Gasteiger partial charge in [0.25, 0.3) is 0 Å². The number of carbonyl (C=O) groups is 1. The maximum absolute atomic E-state index is 11.7. The van der Waals surface area contributed by atoms with Crippen LogP contribution in [0.2, 0.25) is 0 Å². The van der Waals surface area contributed by atoms with Gasteiger partial charge in [-0.1, -0.05) is 6.08 Å². The minimum atomic E-state index is 0.119. The predicted molar refractivity (Wildman–Crippen MR) is 72.6 cm³/mol. The van der Waals surface area contributed by atoms with E-state index < -0.39 is 0 Å². The highest BCUT2D eigenvalue weighted by Gasteiger charge is 2.17. The monoisotopic (exact) mass is 254 g/mol. The molecule has 19 heavy (non-hydrogen) atoms. The molecule has 0 atom stereocenters. The lowest BCUT2D eigenvalue weighted by Gasteiger charge is -2.16. The fraction of sp³-hybridized carbons (Fsp3) is 0.200. The van der Waals surface area contributed by atoms with Crippen molar-refractivity contribution in [3.05, 3.63) is 48.4 Å². The molecule has 1 aromatic carbocycles. The topological polar surface area (TPSA) is 42.4 Å². The maximum atomic E-state index is 11.7. The van der Waals surface area contributed by atoms with Crippen molar-refractivity contribution in [1.29, 1.82) is 0 Å². The number of aromatic nitrogens is 1. The van der Waals surface area contributed by atoms with Gasteiger partial charge in [0.15, 0.2) is 0 Å². The first-order chi connectivity index (χ1) is 9.28. The van der Waals surface area contributed by atoms with Gasteiger partial charge >= 0.3 is 0 Å². The van der Waals surface area contributed by atoms with Gasteiger partial charge in [-0.3, -0.25) is 9.78 Å². The molecular weight excluding hydrogens is 240 g/mol. The van der Waals surface area contributed by atoms with Gasteiger partial charge in [-0.25, -0.2) is 0 Å². The molecule has 1 aromatic heterocycles. The third-order valence-electron chi connectivity index (χ3n) is 3.28. The van der Waals surface area contributed by atoms with Crippen molar-refractivity contribution in [1.82, 2.24) is 9.88 Å². The number of nitrogens with zero attached hydrogens (tertiary/aromatic N) is 2. The average Bonchev–Trinajstić information content (AvgIpc) is 2.83. The van der Waals surface area contributed by atoms with Crippen LogP contribution in [0.3, 0.4) is 0 Å². The van der Waals surface area contributed by atoms with Crippen molar-refractivity contribution >= 4 is 16.7 Å². The van der Waals surface area contributed by atoms with E-state index in [0.717, 1.165) is 22.1 Å². The van der Waals surface area contributed by atoms with Crippen molar-refractivity contribution in [3.8, 4) is 5.75 Å². The molecule has 0 saturated heterocycles. The lowest BCUT2D eigenvalue weighted by atomic mass is 10.1. The molecule has 0 radical (unpaired) electrons. The van der Waals surface area contributed by atoms with Gasteiger partial charge in [0, 0.05) is 36.0 Å². The van der Waals surface area contributed by atoms with Crippen LogP contribution >= 0.6 is 0 Å². The first-order valence-electron chi connectivity index (χ1n) is 6.15. The standard InChI is InChI=1S/C15H14N2O2/c1-19-14-8-11-4-5-16-9-12(11)7-13(14)10-17-6-2-3-15(17)18/h2,4-9H,3,10H2,1H3. The number of hydrogen-bond donors (Lipinski definition) is 0. The van der Waals surface area contributed by atoms with E-state index in [4.69, 9.17) is 4.74 Å². The highest BCUT2D eigenvalue weighted by Crippen LogP contribution is 2.27. The van der Waals surface area contributed by atoms with E-state index >= 15 is 0 Å². The largest absolute Gasteiger partial charge is 0.496 e. The van der Waals surface area contributed by atoms with E-state index in [2.05, 4.69) is 4.98 Å². The third-order valence-corrected chi connectivity index (χ3v) is 3.28. The Kier molecular flexibility index (Phi) is 2.91. The molecule has 1 aliphatic heterocycles. The quantitative estimate of drug-likeness (QED) is 0.845. The zero-order valence-corrected chi connectivity index (χ0v) is 10.7. The summed E-state index contributed by atoms with van der Waals surface area (Å²) in [5.74, 6) is 0.917. The van der Waals surface area contributed by atoms with Gasteiger partial charge in [-0.05, 0) is 23.6 Å². The zero-order chi connectivity index (χ0) is 13.2. The molecule has 4 heteroatoms. The molecule has 2 aromatic rings. The second-order valence-corrected chi connectivity index (χ2v) is 4.50. The SMILES string of the molecule is COc1cc2ccncc2cc1CN1C=CCC1=O. The number of amides is 1. The summed E-state index contributed by atoms with van der Waals surface area (Å²) < 4.78 is 5.42. The van der Waals surface area contributed by atoms with Gasteiger partial charge in [0.2, 0.25) is 5.91 Å². The Morgan fingerprint density at radius 2 is 2.26 bits per heavy atom. The molecule has 96 valence electrons. The summed E-state index contributed by atoms with van der Waals surface area (Å²) in [5.41, 5.74) is 0.989. The number of carbonyl (C=O) groups excluding carboxylic acids is 1. The third kappa shape index (κ3) is 2.17. The highest BCUT2D eigenvalue weighted by atomic mass is 16.5. The first kappa shape index (κ1) is 11.7. The van der Waals surface area contributed by atoms with E-state index in [-0.39, 0.29) is 5.91 Å². The number of pyridine rings is 1. The predicted octanol–water partition coefficient (Wildman–Crippen LogP) is 2.49. The molecule has 3 rings (SSSR count). The number of hydrogen-bond acceptors (Lipinski definition) is 3. The van der Waals surface area contributed by atoms with Crippen LogP contribution in [0.4, 0.5) is 0 Å². The van der Waals surface area contributed by atoms with E-state index in [1.54, 1.807) is 18.2 Å². The molecule has 2 heterocycles. The number of methoxy groups -OCH3 is 1. The molecule has 0 spiro atoms. The van der Waals surface area contributed by atoms with Crippen LogP contribution < -0.4 is 4.74 Å². The van der Waals surface area contributed by atoms with Gasteiger partial charge < -0.3 is 9.64 Å². The summed E-state index contributed by atoms with van der Waals surface area (Å²) in [6, 6.07) is 5.96. The molecule has 0 N–H and O–H groups in total. The average molecular weight is 254 g/mol. The van der Waals surface area contributed by atoms with Crippen molar-refractivity contribution in [3.63, 3.8) is 0 Å². The zero-order valence-electron chi connectivity index (χ0n) is 10.7. The summed E-state index contributed by atoms with van der Waals surface area (Å²) in [6.45, 7) is 0.531. The van der Waals surface area contributed by atoms with Crippen molar-refractivity contribution < 1.29 is 9.53 Å². The molecule has 1 amide bonds. The summed E-state index contributed by atoms with van der Waals surface area (Å²) >= 11 is 0. The molecule has 4 nitrogen and oxygen atoms in total. The molecule has 0 aliphatic carbocycles. The van der Waals surface area contributed by atoms with E-state index in [1.807, 2.05) is 36.7 Å². The van der Waals surface area contributed by atoms with E-state index in [0.29, 0.717) is 13.0 Å².